The van der Waals surface area contributed by atoms with Crippen molar-refractivity contribution < 1.29 is 17.9 Å². The van der Waals surface area contributed by atoms with Gasteiger partial charge in [-0.25, -0.2) is 17.9 Å². The molecular formula is C12H22N2O4S. The normalized spacial score (nSPS) is 14.1. The molecule has 0 aliphatic heterocycles. The smallest absolute Gasteiger partial charge is 0.408 e. The zero-order valence-corrected chi connectivity index (χ0v) is 12.6. The number of alkyl carbamates (subject to hydrolysis) is 1. The lowest BCUT2D eigenvalue weighted by Gasteiger charge is -2.20. The molecule has 0 aromatic rings. The van der Waals surface area contributed by atoms with Gasteiger partial charge in [0.1, 0.15) is 5.60 Å². The quantitative estimate of drug-likeness (QED) is 0.726. The van der Waals surface area contributed by atoms with Crippen molar-refractivity contribution >= 4 is 16.1 Å². The molecule has 0 heterocycles. The maximum atomic E-state index is 11.4. The van der Waals surface area contributed by atoms with Gasteiger partial charge in [0.2, 0.25) is 10.0 Å². The highest BCUT2D eigenvalue weighted by Gasteiger charge is 2.17. The van der Waals surface area contributed by atoms with Gasteiger partial charge in [-0.1, -0.05) is 6.08 Å². The number of hydrogen-bond donors (Lipinski definition) is 2. The Labute approximate surface area is 115 Å². The first-order valence-corrected chi connectivity index (χ1v) is 7.38. The Balaban J connectivity index is 4.34. The lowest BCUT2D eigenvalue weighted by atomic mass is 10.2. The van der Waals surface area contributed by atoms with E-state index in [9.17, 15) is 13.2 Å². The maximum absolute atomic E-state index is 11.4. The summed E-state index contributed by atoms with van der Waals surface area (Å²) in [7, 11) is -3.50. The fourth-order valence-corrected chi connectivity index (χ4v) is 1.87. The number of hydrogen-bond acceptors (Lipinski definition) is 4. The van der Waals surface area contributed by atoms with Crippen molar-refractivity contribution in [3.05, 3.63) is 24.1 Å². The van der Waals surface area contributed by atoms with E-state index in [0.717, 1.165) is 5.41 Å². The molecule has 1 amide bonds. The number of amides is 1. The van der Waals surface area contributed by atoms with Gasteiger partial charge < -0.3 is 10.1 Å². The van der Waals surface area contributed by atoms with Crippen LogP contribution in [-0.4, -0.2) is 32.7 Å². The highest BCUT2D eigenvalue weighted by atomic mass is 32.2. The van der Waals surface area contributed by atoms with Crippen molar-refractivity contribution in [1.29, 1.82) is 0 Å². The van der Waals surface area contributed by atoms with Crippen molar-refractivity contribution in [1.82, 2.24) is 10.0 Å². The number of carbonyl (C=O) groups excluding carboxylic acids is 1. The number of nitrogens with one attached hydrogen (secondary N) is 2. The Bertz CT molecular complexity index is 435. The monoisotopic (exact) mass is 290 g/mol. The van der Waals surface area contributed by atoms with Crippen LogP contribution in [0.3, 0.4) is 0 Å². The summed E-state index contributed by atoms with van der Waals surface area (Å²) in [6, 6.07) is -0.463. The van der Waals surface area contributed by atoms with E-state index in [1.165, 1.54) is 12.2 Å². The van der Waals surface area contributed by atoms with Gasteiger partial charge in [0.15, 0.2) is 0 Å². The van der Waals surface area contributed by atoms with E-state index in [-0.39, 0.29) is 6.54 Å². The van der Waals surface area contributed by atoms with E-state index in [1.807, 2.05) is 0 Å². The van der Waals surface area contributed by atoms with Gasteiger partial charge in [0.05, 0.1) is 0 Å². The van der Waals surface area contributed by atoms with Crippen molar-refractivity contribution in [3.8, 4) is 0 Å². The van der Waals surface area contributed by atoms with Crippen LogP contribution in [0.1, 0.15) is 27.7 Å². The van der Waals surface area contributed by atoms with Crippen LogP contribution < -0.4 is 10.0 Å². The van der Waals surface area contributed by atoms with Gasteiger partial charge in [-0.05, 0) is 33.8 Å². The summed E-state index contributed by atoms with van der Waals surface area (Å²) in [4.78, 5) is 11.4. The molecule has 0 saturated carbocycles. The molecule has 2 N–H and O–H groups in total. The van der Waals surface area contributed by atoms with Gasteiger partial charge in [-0.3, -0.25) is 0 Å². The predicted octanol–water partition coefficient (Wildman–Crippen LogP) is 1.52. The maximum Gasteiger partial charge on any atom is 0.408 e. The van der Waals surface area contributed by atoms with E-state index in [4.69, 9.17) is 4.74 Å². The summed E-state index contributed by atoms with van der Waals surface area (Å²) in [5.41, 5.74) is -0.592. The third-order valence-electron chi connectivity index (χ3n) is 1.72. The highest BCUT2D eigenvalue weighted by molar-refractivity contribution is 7.92. The van der Waals surface area contributed by atoms with Crippen molar-refractivity contribution in [2.75, 3.05) is 6.54 Å². The first-order chi connectivity index (χ1) is 8.56. The summed E-state index contributed by atoms with van der Waals surface area (Å²) in [5, 5.41) is 3.50. The summed E-state index contributed by atoms with van der Waals surface area (Å²) >= 11 is 0. The Morgan fingerprint density at radius 1 is 1.42 bits per heavy atom. The van der Waals surface area contributed by atoms with E-state index >= 15 is 0 Å². The van der Waals surface area contributed by atoms with E-state index < -0.39 is 27.8 Å². The minimum absolute atomic E-state index is 0.153. The molecule has 0 saturated heterocycles. The van der Waals surface area contributed by atoms with Crippen LogP contribution in [0, 0.1) is 0 Å². The standard InChI is InChI=1S/C12H22N2O4S/c1-6-8-13-19(16,17)9-7-10(2)14-11(15)18-12(3,4)5/h6-7,9-10,13H,1,8H2,2-5H3,(H,14,15)/b9-7+/t10-/m0/s1. The van der Waals surface area contributed by atoms with E-state index in [1.54, 1.807) is 27.7 Å². The van der Waals surface area contributed by atoms with Gasteiger partial charge in [0, 0.05) is 18.0 Å². The van der Waals surface area contributed by atoms with Crippen LogP contribution in [-0.2, 0) is 14.8 Å². The molecule has 0 fully saturated rings. The van der Waals surface area contributed by atoms with Crippen LogP contribution in [0.15, 0.2) is 24.1 Å². The second-order valence-corrected chi connectivity index (χ2v) is 6.60. The molecule has 1 atom stereocenters. The SMILES string of the molecule is C=CCNS(=O)(=O)/C=C/[C@H](C)NC(=O)OC(C)(C)C. The summed E-state index contributed by atoms with van der Waals surface area (Å²) in [6.07, 6.45) is 2.20. The fourth-order valence-electron chi connectivity index (χ4n) is 0.986. The average molecular weight is 290 g/mol. The molecule has 19 heavy (non-hydrogen) atoms. The molecule has 0 radical (unpaired) electrons. The molecule has 0 aromatic carbocycles. The van der Waals surface area contributed by atoms with Crippen molar-refractivity contribution in [2.24, 2.45) is 0 Å². The molecule has 0 spiro atoms. The van der Waals surface area contributed by atoms with Crippen molar-refractivity contribution in [3.63, 3.8) is 0 Å². The molecule has 0 unspecified atom stereocenters. The van der Waals surface area contributed by atoms with Crippen LogP contribution in [0.5, 0.6) is 0 Å². The molecule has 6 nitrogen and oxygen atoms in total. The number of rotatable bonds is 6. The van der Waals surface area contributed by atoms with Gasteiger partial charge in [-0.15, -0.1) is 6.58 Å². The lowest BCUT2D eigenvalue weighted by Crippen LogP contribution is -2.37. The molecule has 0 aromatic heterocycles. The summed E-state index contributed by atoms with van der Waals surface area (Å²) in [5.74, 6) is 0. The molecule has 0 rings (SSSR count). The van der Waals surface area contributed by atoms with Crippen LogP contribution in [0.2, 0.25) is 0 Å². The predicted molar refractivity (Wildman–Crippen MR) is 75.1 cm³/mol. The Hall–Kier alpha value is -1.34. The third kappa shape index (κ3) is 10.3. The third-order valence-corrected chi connectivity index (χ3v) is 2.80. The molecule has 0 bridgehead atoms. The van der Waals surface area contributed by atoms with E-state index in [2.05, 4.69) is 16.6 Å². The zero-order valence-electron chi connectivity index (χ0n) is 11.8. The topological polar surface area (TPSA) is 84.5 Å². The first kappa shape index (κ1) is 17.7. The number of carbonyl (C=O) groups is 1. The average Bonchev–Trinajstić information content (AvgIpc) is 2.21. The molecule has 7 heteroatoms. The van der Waals surface area contributed by atoms with E-state index in [0.29, 0.717) is 0 Å². The Morgan fingerprint density at radius 3 is 2.47 bits per heavy atom. The Morgan fingerprint density at radius 2 is 2.00 bits per heavy atom. The van der Waals surface area contributed by atoms with Crippen LogP contribution in [0.4, 0.5) is 4.79 Å². The lowest BCUT2D eigenvalue weighted by molar-refractivity contribution is 0.0518. The minimum Gasteiger partial charge on any atom is -0.444 e. The fraction of sp³-hybridized carbons (Fsp3) is 0.583. The van der Waals surface area contributed by atoms with Crippen LogP contribution in [0.25, 0.3) is 0 Å². The number of sulfonamides is 1. The second-order valence-electron chi connectivity index (χ2n) is 4.95. The van der Waals surface area contributed by atoms with Crippen molar-refractivity contribution in [2.45, 2.75) is 39.3 Å². The summed E-state index contributed by atoms with van der Waals surface area (Å²) < 4.78 is 30.2. The molecular weight excluding hydrogens is 268 g/mol. The largest absolute Gasteiger partial charge is 0.444 e. The zero-order chi connectivity index (χ0) is 15.1. The molecule has 0 aliphatic carbocycles. The second kappa shape index (κ2) is 7.30. The van der Waals surface area contributed by atoms with Gasteiger partial charge >= 0.3 is 6.09 Å². The molecule has 0 aliphatic rings. The highest BCUT2D eigenvalue weighted by Crippen LogP contribution is 2.06. The Kier molecular flexibility index (Phi) is 6.78. The number of ether oxygens (including phenoxy) is 1. The van der Waals surface area contributed by atoms with Crippen LogP contribution >= 0.6 is 0 Å². The minimum atomic E-state index is -3.50. The summed E-state index contributed by atoms with van der Waals surface area (Å²) in [6.45, 7) is 10.4. The first-order valence-electron chi connectivity index (χ1n) is 5.84. The molecule has 110 valence electrons. The van der Waals surface area contributed by atoms with Gasteiger partial charge in [-0.2, -0.15) is 0 Å². The van der Waals surface area contributed by atoms with Gasteiger partial charge in [0.25, 0.3) is 0 Å².